The van der Waals surface area contributed by atoms with Gasteiger partial charge in [-0.25, -0.2) is 0 Å². The predicted octanol–water partition coefficient (Wildman–Crippen LogP) is 1.85. The van der Waals surface area contributed by atoms with Crippen LogP contribution in [0.1, 0.15) is 24.8 Å². The second kappa shape index (κ2) is 6.48. The molecule has 4 heteroatoms. The van der Waals surface area contributed by atoms with Crippen LogP contribution in [0.3, 0.4) is 0 Å². The lowest BCUT2D eigenvalue weighted by atomic mass is 10.0. The monoisotopic (exact) mass is 287 g/mol. The van der Waals surface area contributed by atoms with Crippen molar-refractivity contribution in [2.75, 3.05) is 38.1 Å². The summed E-state index contributed by atoms with van der Waals surface area (Å²) < 4.78 is 0. The molecule has 114 valence electrons. The third-order valence-corrected chi connectivity index (χ3v) is 4.58. The maximum Gasteiger partial charge on any atom is 0.228 e. The van der Waals surface area contributed by atoms with Crippen molar-refractivity contribution in [1.82, 2.24) is 10.2 Å². The number of nitrogens with zero attached hydrogens (tertiary/aromatic N) is 2. The Morgan fingerprint density at radius 2 is 1.86 bits per heavy atom. The molecule has 0 aliphatic carbocycles. The molecule has 2 fully saturated rings. The average molecular weight is 287 g/mol. The van der Waals surface area contributed by atoms with E-state index >= 15 is 0 Å². The number of piperidine rings is 1. The molecule has 2 aliphatic rings. The first-order chi connectivity index (χ1) is 10.2. The third kappa shape index (κ3) is 3.38. The maximum atomic E-state index is 12.1. The smallest absolute Gasteiger partial charge is 0.228 e. The van der Waals surface area contributed by atoms with Crippen LogP contribution in [0.4, 0.5) is 5.69 Å². The molecule has 1 N–H and O–H groups in total. The van der Waals surface area contributed by atoms with E-state index in [-0.39, 0.29) is 11.8 Å². The number of nitrogens with one attached hydrogen (secondary N) is 1. The van der Waals surface area contributed by atoms with Gasteiger partial charge >= 0.3 is 0 Å². The van der Waals surface area contributed by atoms with E-state index in [0.717, 1.165) is 13.1 Å². The van der Waals surface area contributed by atoms with E-state index in [1.807, 2.05) is 11.9 Å². The van der Waals surface area contributed by atoms with Gasteiger partial charge in [-0.1, -0.05) is 12.1 Å². The fraction of sp³-hybridized carbons (Fsp3) is 0.588. The molecule has 21 heavy (non-hydrogen) atoms. The lowest BCUT2D eigenvalue weighted by Gasteiger charge is -2.31. The normalized spacial score (nSPS) is 19.2. The topological polar surface area (TPSA) is 35.6 Å². The summed E-state index contributed by atoms with van der Waals surface area (Å²) in [6, 6.07) is 8.72. The van der Waals surface area contributed by atoms with Crippen molar-refractivity contribution < 1.29 is 4.79 Å². The van der Waals surface area contributed by atoms with Crippen LogP contribution in [0.15, 0.2) is 24.3 Å². The molecule has 0 radical (unpaired) electrons. The summed E-state index contributed by atoms with van der Waals surface area (Å²) in [5.41, 5.74) is 2.52. The minimum atomic E-state index is 0.183. The third-order valence-electron chi connectivity index (χ3n) is 4.58. The summed E-state index contributed by atoms with van der Waals surface area (Å²) in [6.07, 6.45) is 3.96. The van der Waals surface area contributed by atoms with Gasteiger partial charge in [0.05, 0.1) is 5.92 Å². The zero-order chi connectivity index (χ0) is 14.7. The highest BCUT2D eigenvalue weighted by atomic mass is 16.2. The van der Waals surface area contributed by atoms with Crippen molar-refractivity contribution in [3.63, 3.8) is 0 Å². The van der Waals surface area contributed by atoms with Crippen LogP contribution >= 0.6 is 0 Å². The fourth-order valence-electron chi connectivity index (χ4n) is 3.09. The number of amides is 1. The molecule has 4 nitrogen and oxygen atoms in total. The number of carbonyl (C=O) groups is 1. The van der Waals surface area contributed by atoms with Gasteiger partial charge in [-0.3, -0.25) is 4.79 Å². The van der Waals surface area contributed by atoms with Crippen molar-refractivity contribution in [1.29, 1.82) is 0 Å². The Kier molecular flexibility index (Phi) is 4.44. The van der Waals surface area contributed by atoms with Crippen LogP contribution in [0.5, 0.6) is 0 Å². The van der Waals surface area contributed by atoms with Gasteiger partial charge < -0.3 is 15.1 Å². The largest absolute Gasteiger partial charge is 0.372 e. The predicted molar refractivity (Wildman–Crippen MR) is 85.3 cm³/mol. The van der Waals surface area contributed by atoms with Crippen LogP contribution in [0.25, 0.3) is 0 Å². The molecule has 1 aromatic rings. The molecule has 2 aliphatic heterocycles. The Labute approximate surface area is 127 Å². The highest BCUT2D eigenvalue weighted by Gasteiger charge is 2.27. The Balaban J connectivity index is 1.57. The molecule has 0 bridgehead atoms. The van der Waals surface area contributed by atoms with Crippen molar-refractivity contribution in [2.45, 2.75) is 25.8 Å². The summed E-state index contributed by atoms with van der Waals surface area (Å²) in [7, 11) is 1.90. The number of hydrogen-bond acceptors (Lipinski definition) is 3. The van der Waals surface area contributed by atoms with Gasteiger partial charge in [-0.15, -0.1) is 0 Å². The first-order valence-electron chi connectivity index (χ1n) is 8.03. The van der Waals surface area contributed by atoms with E-state index in [0.29, 0.717) is 6.54 Å². The first-order valence-corrected chi connectivity index (χ1v) is 8.03. The lowest BCUT2D eigenvalue weighted by Crippen LogP contribution is -2.50. The zero-order valence-electron chi connectivity index (χ0n) is 12.8. The van der Waals surface area contributed by atoms with Crippen molar-refractivity contribution in [3.05, 3.63) is 29.8 Å². The van der Waals surface area contributed by atoms with Gasteiger partial charge in [0.15, 0.2) is 0 Å². The highest BCUT2D eigenvalue weighted by Crippen LogP contribution is 2.21. The maximum absolute atomic E-state index is 12.1. The molecule has 2 saturated heterocycles. The number of carbonyl (C=O) groups excluding carboxylic acids is 1. The highest BCUT2D eigenvalue weighted by molar-refractivity contribution is 5.80. The van der Waals surface area contributed by atoms with Gasteiger partial charge in [-0.2, -0.15) is 0 Å². The average Bonchev–Trinajstić information content (AvgIpc) is 2.47. The minimum absolute atomic E-state index is 0.183. The second-order valence-corrected chi connectivity index (χ2v) is 6.26. The Hall–Kier alpha value is -1.55. The van der Waals surface area contributed by atoms with Crippen LogP contribution in [0.2, 0.25) is 0 Å². The summed E-state index contributed by atoms with van der Waals surface area (Å²) in [4.78, 5) is 16.4. The summed E-state index contributed by atoms with van der Waals surface area (Å²) in [5.74, 6) is 0.441. The molecule has 1 amide bonds. The standard InChI is InChI=1S/C17H25N3O/c1-19(17(21)15-11-18-12-15)13-14-5-7-16(8-6-14)20-9-3-2-4-10-20/h5-8,15,18H,2-4,9-13H2,1H3. The number of benzene rings is 1. The van der Waals surface area contributed by atoms with E-state index in [1.54, 1.807) is 0 Å². The summed E-state index contributed by atoms with van der Waals surface area (Å²) >= 11 is 0. The van der Waals surface area contributed by atoms with Gasteiger partial charge in [-0.05, 0) is 37.0 Å². The van der Waals surface area contributed by atoms with Crippen molar-refractivity contribution in [2.24, 2.45) is 5.92 Å². The molecule has 0 aromatic heterocycles. The fourth-order valence-corrected chi connectivity index (χ4v) is 3.09. The van der Waals surface area contributed by atoms with Gasteiger partial charge in [0, 0.05) is 45.5 Å². The van der Waals surface area contributed by atoms with E-state index in [4.69, 9.17) is 0 Å². The van der Waals surface area contributed by atoms with Crippen molar-refractivity contribution >= 4 is 11.6 Å². The molecule has 3 rings (SSSR count). The van der Waals surface area contributed by atoms with E-state index in [9.17, 15) is 4.79 Å². The molecule has 2 heterocycles. The molecule has 0 spiro atoms. The number of anilines is 1. The zero-order valence-corrected chi connectivity index (χ0v) is 12.8. The SMILES string of the molecule is CN(Cc1ccc(N2CCCCC2)cc1)C(=O)C1CNC1. The first kappa shape index (κ1) is 14.4. The van der Waals surface area contributed by atoms with Crippen LogP contribution in [0, 0.1) is 5.92 Å². The van der Waals surface area contributed by atoms with Gasteiger partial charge in [0.25, 0.3) is 0 Å². The van der Waals surface area contributed by atoms with Crippen LogP contribution < -0.4 is 10.2 Å². The molecule has 0 unspecified atom stereocenters. The molecule has 0 saturated carbocycles. The van der Waals surface area contributed by atoms with Crippen LogP contribution in [-0.2, 0) is 11.3 Å². The number of hydrogen-bond donors (Lipinski definition) is 1. The molecular formula is C17H25N3O. The van der Waals surface area contributed by atoms with E-state index < -0.39 is 0 Å². The molecule has 1 aromatic carbocycles. The summed E-state index contributed by atoms with van der Waals surface area (Å²) in [5, 5.41) is 3.15. The van der Waals surface area contributed by atoms with Gasteiger partial charge in [0.2, 0.25) is 5.91 Å². The van der Waals surface area contributed by atoms with E-state index in [1.165, 1.54) is 43.6 Å². The summed E-state index contributed by atoms with van der Waals surface area (Å²) in [6.45, 7) is 4.71. The van der Waals surface area contributed by atoms with Crippen molar-refractivity contribution in [3.8, 4) is 0 Å². The number of rotatable bonds is 4. The quantitative estimate of drug-likeness (QED) is 0.918. The van der Waals surface area contributed by atoms with Gasteiger partial charge in [0.1, 0.15) is 0 Å². The Bertz CT molecular complexity index is 475. The molecule has 0 atom stereocenters. The second-order valence-electron chi connectivity index (χ2n) is 6.26. The lowest BCUT2D eigenvalue weighted by molar-refractivity contribution is -0.136. The van der Waals surface area contributed by atoms with E-state index in [2.05, 4.69) is 34.5 Å². The Morgan fingerprint density at radius 1 is 1.19 bits per heavy atom. The molecular weight excluding hydrogens is 262 g/mol. The Morgan fingerprint density at radius 3 is 2.43 bits per heavy atom. The minimum Gasteiger partial charge on any atom is -0.372 e. The van der Waals surface area contributed by atoms with Crippen LogP contribution in [-0.4, -0.2) is 44.0 Å².